The van der Waals surface area contributed by atoms with Gasteiger partial charge in [0.25, 0.3) is 0 Å². The Balaban J connectivity index is 0.000000230. The highest BCUT2D eigenvalue weighted by molar-refractivity contribution is 9.08. The van der Waals surface area contributed by atoms with Crippen molar-refractivity contribution >= 4 is 62.9 Å². The number of amides is 2. The molecule has 42 heavy (non-hydrogen) atoms. The lowest BCUT2D eigenvalue weighted by atomic mass is 9.98. The van der Waals surface area contributed by atoms with Crippen molar-refractivity contribution in [1.82, 2.24) is 9.80 Å². The van der Waals surface area contributed by atoms with Gasteiger partial charge in [-0.1, -0.05) is 51.3 Å². The molecule has 232 valence electrons. The number of rotatable bonds is 2. The molecule has 0 aliphatic carbocycles. The smallest absolute Gasteiger partial charge is 0.410 e. The topological polar surface area (TPSA) is 59.1 Å². The quantitative estimate of drug-likeness (QED) is 0.293. The number of ether oxygens (including phenoxy) is 2. The van der Waals surface area contributed by atoms with Crippen molar-refractivity contribution in [1.29, 1.82) is 0 Å². The molecule has 0 radical (unpaired) electrons. The Morgan fingerprint density at radius 3 is 1.48 bits per heavy atom. The fourth-order valence-corrected chi connectivity index (χ4v) is 6.72. The first-order valence-electron chi connectivity index (χ1n) is 14.3. The van der Waals surface area contributed by atoms with E-state index in [1.165, 1.54) is 22.3 Å². The van der Waals surface area contributed by atoms with E-state index in [0.29, 0.717) is 37.1 Å². The van der Waals surface area contributed by atoms with E-state index in [-0.39, 0.29) is 12.2 Å². The molecule has 0 fully saturated rings. The van der Waals surface area contributed by atoms with Crippen LogP contribution in [0.5, 0.6) is 0 Å². The zero-order valence-electron chi connectivity index (χ0n) is 25.4. The fourth-order valence-electron chi connectivity index (χ4n) is 5.05. The summed E-state index contributed by atoms with van der Waals surface area (Å²) >= 11 is 22.0. The number of carbonyl (C=O) groups excluding carboxylic acids is 2. The van der Waals surface area contributed by atoms with E-state index in [4.69, 9.17) is 44.3 Å². The highest BCUT2D eigenvalue weighted by atomic mass is 79.9. The van der Waals surface area contributed by atoms with Crippen LogP contribution in [0.2, 0.25) is 10.0 Å². The Bertz CT molecular complexity index is 1180. The molecule has 0 spiro atoms. The number of nitrogens with zero attached hydrogens (tertiary/aromatic N) is 2. The van der Waals surface area contributed by atoms with Gasteiger partial charge in [0, 0.05) is 47.4 Å². The second-order valence-electron chi connectivity index (χ2n) is 12.5. The zero-order valence-corrected chi connectivity index (χ0v) is 29.3. The Morgan fingerprint density at radius 1 is 0.714 bits per heavy atom. The summed E-state index contributed by atoms with van der Waals surface area (Å²) < 4.78 is 10.9. The second-order valence-corrected chi connectivity index (χ2v) is 14.2. The third kappa shape index (κ3) is 9.67. The van der Waals surface area contributed by atoms with E-state index in [1.54, 1.807) is 9.80 Å². The van der Waals surface area contributed by atoms with Gasteiger partial charge < -0.3 is 19.3 Å². The van der Waals surface area contributed by atoms with Gasteiger partial charge in [0.2, 0.25) is 0 Å². The lowest BCUT2D eigenvalue weighted by Crippen LogP contribution is -2.38. The summed E-state index contributed by atoms with van der Waals surface area (Å²) in [7, 11) is 0. The van der Waals surface area contributed by atoms with Crippen LogP contribution in [0.3, 0.4) is 0 Å². The van der Waals surface area contributed by atoms with Crippen LogP contribution in [-0.2, 0) is 46.4 Å². The van der Waals surface area contributed by atoms with Crippen LogP contribution in [0.25, 0.3) is 0 Å². The normalized spacial score (nSPS) is 15.4. The molecule has 0 saturated carbocycles. The van der Waals surface area contributed by atoms with Crippen molar-refractivity contribution in [2.24, 2.45) is 0 Å². The first-order valence-corrected chi connectivity index (χ1v) is 16.7. The van der Waals surface area contributed by atoms with E-state index in [2.05, 4.69) is 22.0 Å². The second kappa shape index (κ2) is 14.9. The summed E-state index contributed by atoms with van der Waals surface area (Å²) in [6, 6.07) is 7.94. The molecule has 2 aromatic carbocycles. The van der Waals surface area contributed by atoms with E-state index >= 15 is 0 Å². The van der Waals surface area contributed by atoms with Crippen LogP contribution in [-0.4, -0.2) is 59.4 Å². The molecule has 2 aliphatic heterocycles. The Kier molecular flexibility index (Phi) is 12.3. The van der Waals surface area contributed by atoms with Gasteiger partial charge in [-0.2, -0.15) is 0 Å². The molecule has 2 aliphatic rings. The third-order valence-corrected chi connectivity index (χ3v) is 8.61. The minimum Gasteiger partial charge on any atom is -0.444 e. The van der Waals surface area contributed by atoms with Gasteiger partial charge in [-0.25, -0.2) is 9.59 Å². The molecule has 2 heterocycles. The fraction of sp³-hybridized carbons (Fsp3) is 0.562. The van der Waals surface area contributed by atoms with Gasteiger partial charge in [-0.05, 0) is 113 Å². The molecule has 2 amide bonds. The highest BCUT2D eigenvalue weighted by Gasteiger charge is 2.26. The molecular weight excluding hydrogens is 663 g/mol. The summed E-state index contributed by atoms with van der Waals surface area (Å²) in [4.78, 5) is 27.9. The minimum absolute atomic E-state index is 0.234. The molecule has 0 bridgehead atoms. The maximum absolute atomic E-state index is 12.2. The molecule has 2 aromatic rings. The van der Waals surface area contributed by atoms with E-state index in [1.807, 2.05) is 59.7 Å². The first kappa shape index (κ1) is 34.8. The van der Waals surface area contributed by atoms with Crippen molar-refractivity contribution < 1.29 is 19.1 Å². The third-order valence-electron chi connectivity index (χ3n) is 7.08. The number of hydrogen-bond acceptors (Lipinski definition) is 4. The number of halogens is 4. The van der Waals surface area contributed by atoms with Gasteiger partial charge >= 0.3 is 12.2 Å². The number of alkyl halides is 2. The minimum atomic E-state index is -0.471. The predicted molar refractivity (Wildman–Crippen MR) is 176 cm³/mol. The van der Waals surface area contributed by atoms with Crippen molar-refractivity contribution in [3.8, 4) is 0 Å². The van der Waals surface area contributed by atoms with Crippen LogP contribution < -0.4 is 0 Å². The lowest BCUT2D eigenvalue weighted by Gasteiger charge is -2.26. The van der Waals surface area contributed by atoms with E-state index in [0.717, 1.165) is 47.2 Å². The largest absolute Gasteiger partial charge is 0.444 e. The number of hydrogen-bond donors (Lipinski definition) is 0. The molecule has 0 N–H and O–H groups in total. The van der Waals surface area contributed by atoms with Crippen molar-refractivity contribution in [3.05, 3.63) is 67.7 Å². The maximum Gasteiger partial charge on any atom is 0.410 e. The zero-order chi connectivity index (χ0) is 31.2. The van der Waals surface area contributed by atoms with Gasteiger partial charge in [0.15, 0.2) is 0 Å². The Morgan fingerprint density at radius 2 is 1.10 bits per heavy atom. The lowest BCUT2D eigenvalue weighted by molar-refractivity contribution is 0.0248. The number of fused-ring (bicyclic) bond motifs is 2. The Labute approximate surface area is 274 Å². The summed E-state index contributed by atoms with van der Waals surface area (Å²) in [5.41, 5.74) is 6.15. The number of carbonyl (C=O) groups is 2. The molecule has 10 heteroatoms. The van der Waals surface area contributed by atoms with E-state index < -0.39 is 11.2 Å². The van der Waals surface area contributed by atoms with Gasteiger partial charge in [0.05, 0.1) is 0 Å². The van der Waals surface area contributed by atoms with Crippen molar-refractivity contribution in [2.75, 3.05) is 26.2 Å². The molecule has 0 unspecified atom stereocenters. The molecular formula is C32H42BrCl3N2O4. The summed E-state index contributed by atoms with van der Waals surface area (Å²) in [5, 5.41) is 2.23. The summed E-state index contributed by atoms with van der Waals surface area (Å²) in [6.07, 6.45) is 2.73. The van der Waals surface area contributed by atoms with Crippen LogP contribution in [0.4, 0.5) is 9.59 Å². The Hall–Kier alpha value is -1.67. The molecule has 4 rings (SSSR count). The van der Waals surface area contributed by atoms with Crippen LogP contribution >= 0.6 is 50.7 Å². The monoisotopic (exact) mass is 702 g/mol. The average molecular weight is 705 g/mol. The molecule has 6 nitrogen and oxygen atoms in total. The molecule has 0 saturated heterocycles. The summed E-state index contributed by atoms with van der Waals surface area (Å²) in [5.74, 6) is 0.397. The maximum atomic E-state index is 12.2. The average Bonchev–Trinajstić information content (AvgIpc) is 3.24. The first-order chi connectivity index (χ1) is 19.6. The van der Waals surface area contributed by atoms with Crippen LogP contribution in [0.1, 0.15) is 74.9 Å². The highest BCUT2D eigenvalue weighted by Crippen LogP contribution is 2.30. The van der Waals surface area contributed by atoms with E-state index in [9.17, 15) is 9.59 Å². The van der Waals surface area contributed by atoms with Gasteiger partial charge in [-0.3, -0.25) is 0 Å². The number of benzene rings is 2. The molecule has 0 atom stereocenters. The molecule has 0 aromatic heterocycles. The standard InChI is InChI=1S/C16H21BrClNO2.C16H21Cl2NO2/c2*1-16(2,3)21-15(20)19-8-6-11-4-5-14(18)13(10-17)12(11)7-9-19/h2*4-5H,6-10H2,1-3H3. The SMILES string of the molecule is CC(C)(C)OC(=O)N1CCc2ccc(Cl)c(CBr)c2CC1.CC(C)(C)OC(=O)N1CCc2ccc(Cl)c(CCl)c2CC1. The van der Waals surface area contributed by atoms with Gasteiger partial charge in [0.1, 0.15) is 11.2 Å². The van der Waals surface area contributed by atoms with Crippen molar-refractivity contribution in [3.63, 3.8) is 0 Å². The summed E-state index contributed by atoms with van der Waals surface area (Å²) in [6.45, 7) is 13.9. The van der Waals surface area contributed by atoms with Crippen LogP contribution in [0, 0.1) is 0 Å². The van der Waals surface area contributed by atoms with Crippen molar-refractivity contribution in [2.45, 2.75) is 89.6 Å². The van der Waals surface area contributed by atoms with Gasteiger partial charge in [-0.15, -0.1) is 11.6 Å². The van der Waals surface area contributed by atoms with Crippen LogP contribution in [0.15, 0.2) is 24.3 Å². The predicted octanol–water partition coefficient (Wildman–Crippen LogP) is 8.99.